The van der Waals surface area contributed by atoms with Crippen LogP contribution in [0, 0.1) is 6.92 Å². The predicted molar refractivity (Wildman–Crippen MR) is 95.5 cm³/mol. The van der Waals surface area contributed by atoms with Gasteiger partial charge < -0.3 is 5.11 Å². The van der Waals surface area contributed by atoms with Crippen LogP contribution in [-0.4, -0.2) is 16.1 Å². The van der Waals surface area contributed by atoms with Crippen molar-refractivity contribution in [1.82, 2.24) is 4.98 Å². The van der Waals surface area contributed by atoms with Crippen molar-refractivity contribution in [3.8, 4) is 10.6 Å². The van der Waals surface area contributed by atoms with Gasteiger partial charge in [-0.2, -0.15) is 0 Å². The third-order valence-electron chi connectivity index (χ3n) is 4.24. The molecule has 1 atom stereocenters. The number of carbonyl (C=O) groups is 1. The van der Waals surface area contributed by atoms with Gasteiger partial charge >= 0.3 is 5.97 Å². The van der Waals surface area contributed by atoms with Crippen LogP contribution in [-0.2, 0) is 0 Å². The van der Waals surface area contributed by atoms with E-state index in [1.54, 1.807) is 17.4 Å². The topological polar surface area (TPSA) is 50.2 Å². The Kier molecular flexibility index (Phi) is 4.18. The Hall–Kier alpha value is -2.20. The fraction of sp³-hybridized carbons (Fsp3) is 0.263. The lowest BCUT2D eigenvalue weighted by atomic mass is 9.95. The molecule has 1 N–H and O–H groups in total. The first-order valence-corrected chi connectivity index (χ1v) is 8.56. The normalized spacial score (nSPS) is 12.5. The highest BCUT2D eigenvalue weighted by Crippen LogP contribution is 2.31. The lowest BCUT2D eigenvalue weighted by molar-refractivity contribution is 0.0699. The number of hydrogen-bond acceptors (Lipinski definition) is 3. The second kappa shape index (κ2) is 6.13. The number of nitrogens with zero attached hydrogens (tertiary/aromatic N) is 1. The van der Waals surface area contributed by atoms with Gasteiger partial charge in [0.25, 0.3) is 0 Å². The van der Waals surface area contributed by atoms with Crippen molar-refractivity contribution in [1.29, 1.82) is 0 Å². The van der Waals surface area contributed by atoms with Crippen LogP contribution in [0.2, 0.25) is 0 Å². The molecule has 4 heteroatoms. The molecule has 0 radical (unpaired) electrons. The van der Waals surface area contributed by atoms with Crippen LogP contribution in [0.25, 0.3) is 21.5 Å². The molecule has 2 heterocycles. The maximum absolute atomic E-state index is 11.7. The highest BCUT2D eigenvalue weighted by molar-refractivity contribution is 7.15. The largest absolute Gasteiger partial charge is 0.478 e. The third kappa shape index (κ3) is 2.99. The number of thiophene rings is 1. The smallest absolute Gasteiger partial charge is 0.336 e. The Morgan fingerprint density at radius 3 is 2.65 bits per heavy atom. The number of fused-ring (bicyclic) bond motifs is 1. The zero-order valence-electron chi connectivity index (χ0n) is 13.5. The fourth-order valence-electron chi connectivity index (χ4n) is 2.66. The van der Waals surface area contributed by atoms with Crippen LogP contribution in [0.3, 0.4) is 0 Å². The predicted octanol–water partition coefficient (Wildman–Crippen LogP) is 5.48. The van der Waals surface area contributed by atoms with Crippen molar-refractivity contribution < 1.29 is 9.90 Å². The SMILES string of the molecule is CCC(C)c1ccc2nc(-c3ccc(C)s3)cc(C(=O)O)c2c1. The van der Waals surface area contributed by atoms with E-state index < -0.39 is 5.97 Å². The van der Waals surface area contributed by atoms with E-state index in [2.05, 4.69) is 24.9 Å². The Bertz CT molecular complexity index is 882. The molecule has 0 aliphatic heterocycles. The molecule has 0 spiro atoms. The number of carboxylic acid groups (broad SMARTS) is 1. The van der Waals surface area contributed by atoms with E-state index in [0.29, 0.717) is 16.9 Å². The number of rotatable bonds is 4. The van der Waals surface area contributed by atoms with Gasteiger partial charge in [0.15, 0.2) is 0 Å². The minimum absolute atomic E-state index is 0.321. The van der Waals surface area contributed by atoms with Crippen molar-refractivity contribution in [3.05, 3.63) is 52.4 Å². The van der Waals surface area contributed by atoms with Crippen LogP contribution in [0.4, 0.5) is 0 Å². The quantitative estimate of drug-likeness (QED) is 0.690. The Labute approximate surface area is 139 Å². The molecule has 0 amide bonds. The first-order chi connectivity index (χ1) is 11.0. The van der Waals surface area contributed by atoms with E-state index in [-0.39, 0.29) is 0 Å². The van der Waals surface area contributed by atoms with Crippen LogP contribution in [0.1, 0.15) is 47.0 Å². The zero-order valence-corrected chi connectivity index (χ0v) is 14.3. The summed E-state index contributed by atoms with van der Waals surface area (Å²) in [5, 5.41) is 10.3. The zero-order chi connectivity index (χ0) is 16.6. The minimum atomic E-state index is -0.909. The van der Waals surface area contributed by atoms with Gasteiger partial charge in [0.05, 0.1) is 21.7 Å². The van der Waals surface area contributed by atoms with Crippen molar-refractivity contribution in [3.63, 3.8) is 0 Å². The van der Waals surface area contributed by atoms with E-state index in [0.717, 1.165) is 28.1 Å². The van der Waals surface area contributed by atoms with Crippen molar-refractivity contribution in [2.45, 2.75) is 33.1 Å². The molecule has 3 rings (SSSR count). The molecule has 118 valence electrons. The van der Waals surface area contributed by atoms with Crippen LogP contribution >= 0.6 is 11.3 Å². The van der Waals surface area contributed by atoms with Gasteiger partial charge in [-0.15, -0.1) is 11.3 Å². The second-order valence-electron chi connectivity index (χ2n) is 5.86. The Balaban J connectivity index is 2.23. The molecule has 23 heavy (non-hydrogen) atoms. The standard InChI is InChI=1S/C19H19NO2S/c1-4-11(2)13-6-7-16-14(9-13)15(19(21)22)10-17(20-16)18-8-5-12(3)23-18/h5-11H,4H2,1-3H3,(H,21,22). The third-order valence-corrected chi connectivity index (χ3v) is 5.26. The fourth-order valence-corrected chi connectivity index (χ4v) is 3.49. The molecule has 1 unspecified atom stereocenters. The second-order valence-corrected chi connectivity index (χ2v) is 7.14. The van der Waals surface area contributed by atoms with Gasteiger partial charge in [0.1, 0.15) is 0 Å². The lowest BCUT2D eigenvalue weighted by Crippen LogP contribution is -2.01. The van der Waals surface area contributed by atoms with E-state index in [1.807, 2.05) is 31.2 Å². The van der Waals surface area contributed by atoms with E-state index in [9.17, 15) is 9.90 Å². The number of aromatic nitrogens is 1. The van der Waals surface area contributed by atoms with Gasteiger partial charge in [0, 0.05) is 10.3 Å². The van der Waals surface area contributed by atoms with E-state index in [4.69, 9.17) is 0 Å². The number of hydrogen-bond donors (Lipinski definition) is 1. The summed E-state index contributed by atoms with van der Waals surface area (Å²) in [6, 6.07) is 11.7. The van der Waals surface area contributed by atoms with Gasteiger partial charge in [0.2, 0.25) is 0 Å². The van der Waals surface area contributed by atoms with E-state index in [1.165, 1.54) is 4.88 Å². The highest BCUT2D eigenvalue weighted by atomic mass is 32.1. The maximum atomic E-state index is 11.7. The molecule has 1 aromatic carbocycles. The first-order valence-electron chi connectivity index (χ1n) is 7.74. The number of aryl methyl sites for hydroxylation is 1. The van der Waals surface area contributed by atoms with Crippen molar-refractivity contribution in [2.24, 2.45) is 0 Å². The summed E-state index contributed by atoms with van der Waals surface area (Å²) in [4.78, 5) is 18.6. The molecule has 0 bridgehead atoms. The molecule has 3 aromatic rings. The van der Waals surface area contributed by atoms with Crippen LogP contribution in [0.15, 0.2) is 36.4 Å². The van der Waals surface area contributed by atoms with Gasteiger partial charge in [-0.05, 0) is 55.2 Å². The first kappa shape index (κ1) is 15.7. The molecule has 0 saturated carbocycles. The van der Waals surface area contributed by atoms with Gasteiger partial charge in [-0.1, -0.05) is 19.9 Å². The summed E-state index contributed by atoms with van der Waals surface area (Å²) >= 11 is 1.63. The summed E-state index contributed by atoms with van der Waals surface area (Å²) < 4.78 is 0. The van der Waals surface area contributed by atoms with Crippen molar-refractivity contribution in [2.75, 3.05) is 0 Å². The summed E-state index contributed by atoms with van der Waals surface area (Å²) in [6.45, 7) is 6.32. The Morgan fingerprint density at radius 1 is 1.26 bits per heavy atom. The molecule has 0 aliphatic carbocycles. The highest BCUT2D eigenvalue weighted by Gasteiger charge is 2.15. The Morgan fingerprint density at radius 2 is 2.04 bits per heavy atom. The monoisotopic (exact) mass is 325 g/mol. The molecule has 0 aliphatic rings. The molecule has 2 aromatic heterocycles. The molecule has 0 fully saturated rings. The van der Waals surface area contributed by atoms with Gasteiger partial charge in [-0.3, -0.25) is 0 Å². The van der Waals surface area contributed by atoms with Crippen LogP contribution in [0.5, 0.6) is 0 Å². The summed E-state index contributed by atoms with van der Waals surface area (Å²) in [7, 11) is 0. The van der Waals surface area contributed by atoms with Crippen LogP contribution < -0.4 is 0 Å². The molecule has 3 nitrogen and oxygen atoms in total. The maximum Gasteiger partial charge on any atom is 0.336 e. The molecular weight excluding hydrogens is 306 g/mol. The molecular formula is C19H19NO2S. The average molecular weight is 325 g/mol. The summed E-state index contributed by atoms with van der Waals surface area (Å²) in [5.41, 5.74) is 2.94. The molecule has 0 saturated heterocycles. The minimum Gasteiger partial charge on any atom is -0.478 e. The number of carboxylic acids is 1. The van der Waals surface area contributed by atoms with Crippen molar-refractivity contribution >= 4 is 28.2 Å². The van der Waals surface area contributed by atoms with Gasteiger partial charge in [-0.25, -0.2) is 9.78 Å². The number of aromatic carboxylic acids is 1. The lowest BCUT2D eigenvalue weighted by Gasteiger charge is -2.12. The number of pyridine rings is 1. The summed E-state index contributed by atoms with van der Waals surface area (Å²) in [6.07, 6.45) is 1.02. The number of benzene rings is 1. The van der Waals surface area contributed by atoms with E-state index >= 15 is 0 Å². The average Bonchev–Trinajstić information content (AvgIpc) is 2.98. The summed E-state index contributed by atoms with van der Waals surface area (Å²) in [5.74, 6) is -0.506.